The smallest absolute Gasteiger partial charge is 0.410 e. The largest absolute Gasteiger partial charge is 0.442 e. The van der Waals surface area contributed by atoms with Gasteiger partial charge in [0, 0.05) is 19.5 Å². The molecule has 0 aromatic heterocycles. The van der Waals surface area contributed by atoms with Gasteiger partial charge < -0.3 is 15.0 Å². The van der Waals surface area contributed by atoms with Gasteiger partial charge in [-0.3, -0.25) is 4.79 Å². The van der Waals surface area contributed by atoms with E-state index < -0.39 is 23.8 Å². The SMILES string of the molecule is CCCCCC1CC[C@H]2[C@H]([C@H](Cc3cc(F)cc(F)c3)NC(C)=O)OC(=O)N2C1. The van der Waals surface area contributed by atoms with E-state index in [0.29, 0.717) is 18.0 Å². The Bertz CT molecular complexity index is 723. The number of cyclic esters (lactones) is 1. The van der Waals surface area contributed by atoms with Gasteiger partial charge in [-0.15, -0.1) is 0 Å². The van der Waals surface area contributed by atoms with Gasteiger partial charge in [0.2, 0.25) is 5.91 Å². The molecule has 0 spiro atoms. The fourth-order valence-electron chi connectivity index (χ4n) is 4.64. The third kappa shape index (κ3) is 5.46. The average Bonchev–Trinajstić information content (AvgIpc) is 2.97. The molecule has 2 aliphatic rings. The van der Waals surface area contributed by atoms with Crippen molar-refractivity contribution in [1.82, 2.24) is 10.2 Å². The minimum Gasteiger partial charge on any atom is -0.442 e. The maximum atomic E-state index is 13.6. The zero-order valence-electron chi connectivity index (χ0n) is 17.1. The van der Waals surface area contributed by atoms with Gasteiger partial charge in [-0.05, 0) is 49.3 Å². The van der Waals surface area contributed by atoms with Crippen LogP contribution in [0.5, 0.6) is 0 Å². The molecule has 2 saturated heterocycles. The molecule has 1 N–H and O–H groups in total. The Labute approximate surface area is 170 Å². The molecule has 160 valence electrons. The van der Waals surface area contributed by atoms with Crippen molar-refractivity contribution in [3.05, 3.63) is 35.4 Å². The summed E-state index contributed by atoms with van der Waals surface area (Å²) in [6, 6.07) is 2.65. The molecule has 29 heavy (non-hydrogen) atoms. The van der Waals surface area contributed by atoms with E-state index in [-0.39, 0.29) is 24.5 Å². The van der Waals surface area contributed by atoms with Gasteiger partial charge in [-0.2, -0.15) is 0 Å². The highest BCUT2D eigenvalue weighted by Crippen LogP contribution is 2.35. The van der Waals surface area contributed by atoms with Crippen LogP contribution >= 0.6 is 0 Å². The highest BCUT2D eigenvalue weighted by molar-refractivity contribution is 5.74. The second-order valence-corrected chi connectivity index (χ2v) is 8.30. The Morgan fingerprint density at radius 2 is 1.97 bits per heavy atom. The summed E-state index contributed by atoms with van der Waals surface area (Å²) in [7, 11) is 0. The van der Waals surface area contributed by atoms with Crippen LogP contribution in [0.4, 0.5) is 13.6 Å². The molecule has 1 aromatic carbocycles. The molecule has 1 aromatic rings. The Morgan fingerprint density at radius 1 is 1.24 bits per heavy atom. The average molecular weight is 408 g/mol. The minimum atomic E-state index is -0.667. The lowest BCUT2D eigenvalue weighted by molar-refractivity contribution is -0.120. The standard InChI is InChI=1S/C22H30F2N2O3/c1-3-4-5-6-15-7-8-20-21(29-22(28)26(20)13-15)19(25-14(2)27)11-16-9-17(23)12-18(24)10-16/h9-10,12,15,19-21H,3-8,11,13H2,1-2H3,(H,25,27)/t15?,19-,20-,21-/m0/s1. The van der Waals surface area contributed by atoms with E-state index in [1.165, 1.54) is 31.9 Å². The molecule has 2 heterocycles. The number of carbonyl (C=O) groups excluding carboxylic acids is 2. The summed E-state index contributed by atoms with van der Waals surface area (Å²) in [5.41, 5.74) is 0.420. The number of unbranched alkanes of at least 4 members (excludes halogenated alkanes) is 2. The van der Waals surface area contributed by atoms with Crippen LogP contribution in [0, 0.1) is 17.6 Å². The van der Waals surface area contributed by atoms with Crippen molar-refractivity contribution in [1.29, 1.82) is 0 Å². The molecule has 7 heteroatoms. The topological polar surface area (TPSA) is 58.6 Å². The third-order valence-electron chi connectivity index (χ3n) is 5.96. The van der Waals surface area contributed by atoms with Gasteiger partial charge in [0.15, 0.2) is 0 Å². The normalized spacial score (nSPS) is 24.8. The first-order valence-corrected chi connectivity index (χ1v) is 10.6. The molecule has 3 rings (SSSR count). The fraction of sp³-hybridized carbons (Fsp3) is 0.636. The molecular weight excluding hydrogens is 378 g/mol. The zero-order chi connectivity index (χ0) is 21.0. The zero-order valence-corrected chi connectivity index (χ0v) is 17.1. The van der Waals surface area contributed by atoms with Crippen LogP contribution in [0.15, 0.2) is 18.2 Å². The Hall–Kier alpha value is -2.18. The van der Waals surface area contributed by atoms with Crippen molar-refractivity contribution < 1.29 is 23.1 Å². The number of fused-ring (bicyclic) bond motifs is 1. The quantitative estimate of drug-likeness (QED) is 0.656. The maximum Gasteiger partial charge on any atom is 0.410 e. The van der Waals surface area contributed by atoms with E-state index in [0.717, 1.165) is 31.7 Å². The molecule has 5 nitrogen and oxygen atoms in total. The molecule has 2 aliphatic heterocycles. The molecular formula is C22H30F2N2O3. The van der Waals surface area contributed by atoms with Crippen LogP contribution in [-0.4, -0.2) is 41.6 Å². The van der Waals surface area contributed by atoms with Gasteiger partial charge in [0.25, 0.3) is 0 Å². The molecule has 0 aliphatic carbocycles. The highest BCUT2D eigenvalue weighted by Gasteiger charge is 2.48. The van der Waals surface area contributed by atoms with Gasteiger partial charge in [0.1, 0.15) is 17.7 Å². The molecule has 0 bridgehead atoms. The van der Waals surface area contributed by atoms with Crippen LogP contribution < -0.4 is 5.32 Å². The lowest BCUT2D eigenvalue weighted by Gasteiger charge is -2.36. The highest BCUT2D eigenvalue weighted by atomic mass is 19.1. The molecule has 2 amide bonds. The number of ether oxygens (including phenoxy) is 1. The minimum absolute atomic E-state index is 0.125. The predicted molar refractivity (Wildman–Crippen MR) is 105 cm³/mol. The van der Waals surface area contributed by atoms with Crippen molar-refractivity contribution >= 4 is 12.0 Å². The van der Waals surface area contributed by atoms with E-state index in [1.54, 1.807) is 4.90 Å². The van der Waals surface area contributed by atoms with E-state index >= 15 is 0 Å². The number of carbonyl (C=O) groups is 2. The summed E-state index contributed by atoms with van der Waals surface area (Å²) in [5, 5.41) is 2.83. The summed E-state index contributed by atoms with van der Waals surface area (Å²) in [6.07, 6.45) is 5.75. The maximum absolute atomic E-state index is 13.6. The van der Waals surface area contributed by atoms with Crippen molar-refractivity contribution in [3.8, 4) is 0 Å². The Morgan fingerprint density at radius 3 is 2.62 bits per heavy atom. The van der Waals surface area contributed by atoms with Crippen molar-refractivity contribution in [3.63, 3.8) is 0 Å². The second kappa shape index (κ2) is 9.55. The first-order valence-electron chi connectivity index (χ1n) is 10.6. The first kappa shape index (κ1) is 21.5. The number of amides is 2. The third-order valence-corrected chi connectivity index (χ3v) is 5.96. The lowest BCUT2D eigenvalue weighted by atomic mass is 9.85. The summed E-state index contributed by atoms with van der Waals surface area (Å²) in [4.78, 5) is 26.1. The van der Waals surface area contributed by atoms with E-state index in [2.05, 4.69) is 12.2 Å². The van der Waals surface area contributed by atoms with Gasteiger partial charge in [-0.1, -0.05) is 26.2 Å². The summed E-state index contributed by atoms with van der Waals surface area (Å²) >= 11 is 0. The predicted octanol–water partition coefficient (Wildman–Crippen LogP) is 4.19. The first-order chi connectivity index (χ1) is 13.9. The second-order valence-electron chi connectivity index (χ2n) is 8.30. The number of hydrogen-bond donors (Lipinski definition) is 1. The van der Waals surface area contributed by atoms with Crippen molar-refractivity contribution in [2.45, 2.75) is 77.0 Å². The van der Waals surface area contributed by atoms with Crippen LogP contribution in [-0.2, 0) is 16.0 Å². The Kier molecular flexibility index (Phi) is 7.09. The fourth-order valence-corrected chi connectivity index (χ4v) is 4.64. The van der Waals surface area contributed by atoms with Crippen LogP contribution in [0.25, 0.3) is 0 Å². The van der Waals surface area contributed by atoms with Crippen LogP contribution in [0.1, 0.15) is 57.9 Å². The van der Waals surface area contributed by atoms with E-state index in [4.69, 9.17) is 4.74 Å². The number of piperidine rings is 1. The Balaban J connectivity index is 1.72. The number of benzene rings is 1. The molecule has 0 radical (unpaired) electrons. The number of halogens is 2. The number of nitrogens with one attached hydrogen (secondary N) is 1. The molecule has 2 fully saturated rings. The number of rotatable bonds is 8. The van der Waals surface area contributed by atoms with E-state index in [9.17, 15) is 18.4 Å². The van der Waals surface area contributed by atoms with Gasteiger partial charge in [-0.25, -0.2) is 13.6 Å². The van der Waals surface area contributed by atoms with Gasteiger partial charge >= 0.3 is 6.09 Å². The number of nitrogens with zero attached hydrogens (tertiary/aromatic N) is 1. The van der Waals surface area contributed by atoms with Crippen molar-refractivity contribution in [2.24, 2.45) is 5.92 Å². The van der Waals surface area contributed by atoms with Crippen LogP contribution in [0.2, 0.25) is 0 Å². The monoisotopic (exact) mass is 408 g/mol. The van der Waals surface area contributed by atoms with Gasteiger partial charge in [0.05, 0.1) is 12.1 Å². The summed E-state index contributed by atoms with van der Waals surface area (Å²) < 4.78 is 32.9. The number of hydrogen-bond acceptors (Lipinski definition) is 3. The molecule has 4 atom stereocenters. The van der Waals surface area contributed by atoms with Crippen LogP contribution in [0.3, 0.4) is 0 Å². The van der Waals surface area contributed by atoms with E-state index in [1.807, 2.05) is 0 Å². The summed E-state index contributed by atoms with van der Waals surface area (Å²) in [5.74, 6) is -1.13. The summed E-state index contributed by atoms with van der Waals surface area (Å²) in [6.45, 7) is 4.23. The molecule has 1 unspecified atom stereocenters. The van der Waals surface area contributed by atoms with Crippen molar-refractivity contribution in [2.75, 3.05) is 6.54 Å². The lowest BCUT2D eigenvalue weighted by Crippen LogP contribution is -2.52. The molecule has 0 saturated carbocycles.